The van der Waals surface area contributed by atoms with Gasteiger partial charge in [-0.1, -0.05) is 40.9 Å². The molecule has 1 atom stereocenters. The van der Waals surface area contributed by atoms with Gasteiger partial charge in [0.1, 0.15) is 0 Å². The fourth-order valence-electron chi connectivity index (χ4n) is 2.01. The first-order chi connectivity index (χ1) is 8.91. The summed E-state index contributed by atoms with van der Waals surface area (Å²) >= 11 is 18.3. The Bertz CT molecular complexity index is 585. The summed E-state index contributed by atoms with van der Waals surface area (Å²) in [5.41, 5.74) is 6.59. The quantitative estimate of drug-likeness (QED) is 0.753. The SMILES string of the molecule is Cc1ccc(C)n1NC(C)c1ccc(Cl)c(Cl)c1Cl. The molecule has 0 saturated carbocycles. The van der Waals surface area contributed by atoms with Gasteiger partial charge in [-0.05, 0) is 44.5 Å². The zero-order chi connectivity index (χ0) is 14.2. The third-order valence-electron chi connectivity index (χ3n) is 3.13. The third-order valence-corrected chi connectivity index (χ3v) is 4.43. The Labute approximate surface area is 128 Å². The number of hydrogen-bond acceptors (Lipinski definition) is 1. The van der Waals surface area contributed by atoms with Gasteiger partial charge >= 0.3 is 0 Å². The number of rotatable bonds is 3. The molecule has 1 aromatic heterocycles. The van der Waals surface area contributed by atoms with Crippen LogP contribution in [-0.2, 0) is 0 Å². The summed E-state index contributed by atoms with van der Waals surface area (Å²) in [4.78, 5) is 0. The van der Waals surface area contributed by atoms with Crippen LogP contribution in [0.1, 0.15) is 29.9 Å². The summed E-state index contributed by atoms with van der Waals surface area (Å²) in [5, 5.41) is 1.36. The Morgan fingerprint density at radius 1 is 0.947 bits per heavy atom. The number of halogens is 3. The van der Waals surface area contributed by atoms with Crippen molar-refractivity contribution in [1.82, 2.24) is 4.68 Å². The molecule has 2 nitrogen and oxygen atoms in total. The minimum absolute atomic E-state index is 0.0204. The van der Waals surface area contributed by atoms with E-state index in [0.717, 1.165) is 17.0 Å². The molecule has 2 rings (SSSR count). The second-order valence-electron chi connectivity index (χ2n) is 4.57. The Morgan fingerprint density at radius 3 is 2.11 bits per heavy atom. The lowest BCUT2D eigenvalue weighted by Gasteiger charge is -2.21. The molecule has 1 heterocycles. The van der Waals surface area contributed by atoms with Crippen LogP contribution >= 0.6 is 34.8 Å². The summed E-state index contributed by atoms with van der Waals surface area (Å²) in [5.74, 6) is 0. The molecule has 0 aliphatic carbocycles. The van der Waals surface area contributed by atoms with Crippen LogP contribution in [0.15, 0.2) is 24.3 Å². The van der Waals surface area contributed by atoms with E-state index in [1.807, 2.05) is 31.5 Å². The lowest BCUT2D eigenvalue weighted by atomic mass is 10.1. The molecule has 0 aliphatic rings. The standard InChI is InChI=1S/C14H15Cl3N2/c1-8-4-5-9(2)19(8)18-10(3)11-6-7-12(15)14(17)13(11)16/h4-7,10,18H,1-3H3. The first-order valence-electron chi connectivity index (χ1n) is 5.96. The first kappa shape index (κ1) is 14.6. The van der Waals surface area contributed by atoms with E-state index in [1.54, 1.807) is 6.07 Å². The zero-order valence-corrected chi connectivity index (χ0v) is 13.2. The minimum atomic E-state index is 0.0204. The first-order valence-corrected chi connectivity index (χ1v) is 7.10. The molecule has 19 heavy (non-hydrogen) atoms. The topological polar surface area (TPSA) is 17.0 Å². The van der Waals surface area contributed by atoms with E-state index in [1.165, 1.54) is 0 Å². The van der Waals surface area contributed by atoms with Crippen LogP contribution in [0.4, 0.5) is 0 Å². The van der Waals surface area contributed by atoms with E-state index in [0.29, 0.717) is 15.1 Å². The summed E-state index contributed by atoms with van der Waals surface area (Å²) in [6, 6.07) is 7.80. The molecule has 0 saturated heterocycles. The minimum Gasteiger partial charge on any atom is -0.319 e. The Balaban J connectivity index is 2.31. The third kappa shape index (κ3) is 2.86. The fourth-order valence-corrected chi connectivity index (χ4v) is 2.72. The number of aryl methyl sites for hydroxylation is 2. The van der Waals surface area contributed by atoms with Crippen molar-refractivity contribution in [3.05, 3.63) is 56.3 Å². The highest BCUT2D eigenvalue weighted by Crippen LogP contribution is 2.35. The molecule has 0 amide bonds. The van der Waals surface area contributed by atoms with Crippen molar-refractivity contribution in [1.29, 1.82) is 0 Å². The van der Waals surface area contributed by atoms with Crippen LogP contribution in [0.5, 0.6) is 0 Å². The van der Waals surface area contributed by atoms with Crippen LogP contribution in [0.3, 0.4) is 0 Å². The van der Waals surface area contributed by atoms with Crippen LogP contribution in [0, 0.1) is 13.8 Å². The van der Waals surface area contributed by atoms with Gasteiger partial charge in [0, 0.05) is 11.4 Å². The molecule has 1 unspecified atom stereocenters. The molecule has 102 valence electrons. The Morgan fingerprint density at radius 2 is 1.53 bits per heavy atom. The second-order valence-corrected chi connectivity index (χ2v) is 5.73. The van der Waals surface area contributed by atoms with E-state index >= 15 is 0 Å². The average Bonchev–Trinajstić information content (AvgIpc) is 2.68. The second kappa shape index (κ2) is 5.66. The molecule has 2 aromatic rings. The van der Waals surface area contributed by atoms with Gasteiger partial charge in [-0.3, -0.25) is 4.68 Å². The van der Waals surface area contributed by atoms with Crippen molar-refractivity contribution in [2.45, 2.75) is 26.8 Å². The molecule has 5 heteroatoms. The molecule has 0 radical (unpaired) electrons. The number of benzene rings is 1. The largest absolute Gasteiger partial charge is 0.319 e. The predicted octanol–water partition coefficient (Wildman–Crippen LogP) is 5.37. The summed E-state index contributed by atoms with van der Waals surface area (Å²) < 4.78 is 2.03. The highest BCUT2D eigenvalue weighted by molar-refractivity contribution is 6.48. The van der Waals surface area contributed by atoms with Gasteiger partial charge in [-0.15, -0.1) is 0 Å². The zero-order valence-electron chi connectivity index (χ0n) is 11.0. The van der Waals surface area contributed by atoms with Gasteiger partial charge in [0.05, 0.1) is 21.1 Å². The maximum Gasteiger partial charge on any atom is 0.0782 e. The van der Waals surface area contributed by atoms with Crippen molar-refractivity contribution in [3.8, 4) is 0 Å². The Kier molecular flexibility index (Phi) is 4.34. The summed E-state index contributed by atoms with van der Waals surface area (Å²) in [7, 11) is 0. The number of aromatic nitrogens is 1. The normalized spacial score (nSPS) is 12.5. The molecular weight excluding hydrogens is 303 g/mol. The van der Waals surface area contributed by atoms with Gasteiger partial charge in [-0.2, -0.15) is 0 Å². The molecule has 1 aromatic carbocycles. The van der Waals surface area contributed by atoms with Crippen molar-refractivity contribution < 1.29 is 0 Å². The van der Waals surface area contributed by atoms with Gasteiger partial charge in [0.25, 0.3) is 0 Å². The monoisotopic (exact) mass is 316 g/mol. The average molecular weight is 318 g/mol. The maximum atomic E-state index is 6.25. The Hall–Kier alpha value is -0.830. The summed E-state index contributed by atoms with van der Waals surface area (Å²) in [6.45, 7) is 6.12. The molecule has 0 bridgehead atoms. The van der Waals surface area contributed by atoms with Crippen LogP contribution in [0.25, 0.3) is 0 Å². The summed E-state index contributed by atoms with van der Waals surface area (Å²) in [6.07, 6.45) is 0. The maximum absolute atomic E-state index is 6.25. The van der Waals surface area contributed by atoms with Crippen molar-refractivity contribution in [2.24, 2.45) is 0 Å². The van der Waals surface area contributed by atoms with Gasteiger partial charge < -0.3 is 5.43 Å². The fraction of sp³-hybridized carbons (Fsp3) is 0.286. The molecule has 1 N–H and O–H groups in total. The van der Waals surface area contributed by atoms with Crippen molar-refractivity contribution in [2.75, 3.05) is 5.43 Å². The van der Waals surface area contributed by atoms with Gasteiger partial charge in [-0.25, -0.2) is 0 Å². The van der Waals surface area contributed by atoms with E-state index in [4.69, 9.17) is 34.8 Å². The van der Waals surface area contributed by atoms with E-state index in [9.17, 15) is 0 Å². The predicted molar refractivity (Wildman–Crippen MR) is 83.2 cm³/mol. The van der Waals surface area contributed by atoms with Crippen LogP contribution < -0.4 is 5.43 Å². The lowest BCUT2D eigenvalue weighted by Crippen LogP contribution is -2.21. The van der Waals surface area contributed by atoms with Crippen molar-refractivity contribution >= 4 is 34.8 Å². The van der Waals surface area contributed by atoms with E-state index in [-0.39, 0.29) is 6.04 Å². The van der Waals surface area contributed by atoms with E-state index < -0.39 is 0 Å². The smallest absolute Gasteiger partial charge is 0.0782 e. The van der Waals surface area contributed by atoms with Crippen LogP contribution in [-0.4, -0.2) is 4.68 Å². The van der Waals surface area contributed by atoms with Crippen LogP contribution in [0.2, 0.25) is 15.1 Å². The number of nitrogens with zero attached hydrogens (tertiary/aromatic N) is 1. The van der Waals surface area contributed by atoms with Crippen molar-refractivity contribution in [3.63, 3.8) is 0 Å². The molecule has 0 spiro atoms. The number of nitrogens with one attached hydrogen (secondary N) is 1. The number of hydrogen-bond donors (Lipinski definition) is 1. The molecule has 0 fully saturated rings. The molecule has 0 aliphatic heterocycles. The van der Waals surface area contributed by atoms with Gasteiger partial charge in [0.2, 0.25) is 0 Å². The molecular formula is C14H15Cl3N2. The highest BCUT2D eigenvalue weighted by Gasteiger charge is 2.15. The van der Waals surface area contributed by atoms with Gasteiger partial charge in [0.15, 0.2) is 0 Å². The lowest BCUT2D eigenvalue weighted by molar-refractivity contribution is 0.699. The highest BCUT2D eigenvalue weighted by atomic mass is 35.5. The van der Waals surface area contributed by atoms with E-state index in [2.05, 4.69) is 17.6 Å².